The van der Waals surface area contributed by atoms with Crippen LogP contribution in [0.3, 0.4) is 0 Å². The second-order valence-corrected chi connectivity index (χ2v) is 4.59. The summed E-state index contributed by atoms with van der Waals surface area (Å²) in [4.78, 5) is 0. The van der Waals surface area contributed by atoms with Gasteiger partial charge >= 0.3 is 0 Å². The lowest BCUT2D eigenvalue weighted by Gasteiger charge is -2.26. The summed E-state index contributed by atoms with van der Waals surface area (Å²) in [6.07, 6.45) is 10.1. The van der Waals surface area contributed by atoms with Crippen LogP contribution >= 0.6 is 0 Å². The van der Waals surface area contributed by atoms with Gasteiger partial charge in [-0.2, -0.15) is 0 Å². The first-order chi connectivity index (χ1) is 6.64. The molecule has 2 unspecified atom stereocenters. The highest BCUT2D eigenvalue weighted by Crippen LogP contribution is 2.13. The van der Waals surface area contributed by atoms with E-state index in [-0.39, 0.29) is 0 Å². The highest BCUT2D eigenvalue weighted by atomic mass is 16.3. The predicted octanol–water partition coefficient (Wildman–Crippen LogP) is 2.24. The van der Waals surface area contributed by atoms with Crippen LogP contribution in [-0.2, 0) is 0 Å². The van der Waals surface area contributed by atoms with Crippen LogP contribution in [0.15, 0.2) is 12.2 Å². The standard InChI is InChI=1S/C12H23NO/c1-3-9-12(2,14)10-13-11-7-5-4-6-8-11/h5,7,11,13-14H,3-4,6,8-10H2,1-2H3. The van der Waals surface area contributed by atoms with Crippen molar-refractivity contribution >= 4 is 0 Å². The molecule has 82 valence electrons. The van der Waals surface area contributed by atoms with Crippen molar-refractivity contribution in [1.82, 2.24) is 5.32 Å². The lowest BCUT2D eigenvalue weighted by molar-refractivity contribution is 0.0481. The molecule has 0 spiro atoms. The zero-order valence-electron chi connectivity index (χ0n) is 9.42. The molecule has 2 heteroatoms. The highest BCUT2D eigenvalue weighted by Gasteiger charge is 2.20. The average Bonchev–Trinajstić information content (AvgIpc) is 2.17. The van der Waals surface area contributed by atoms with E-state index < -0.39 is 5.60 Å². The van der Waals surface area contributed by atoms with Gasteiger partial charge in [-0.3, -0.25) is 0 Å². The van der Waals surface area contributed by atoms with Gasteiger partial charge in [-0.15, -0.1) is 0 Å². The molecule has 0 aromatic rings. The van der Waals surface area contributed by atoms with E-state index in [1.807, 2.05) is 6.92 Å². The second-order valence-electron chi connectivity index (χ2n) is 4.59. The normalized spacial score (nSPS) is 26.1. The van der Waals surface area contributed by atoms with Crippen LogP contribution in [-0.4, -0.2) is 23.3 Å². The minimum Gasteiger partial charge on any atom is -0.389 e. The Morgan fingerprint density at radius 3 is 2.93 bits per heavy atom. The second kappa shape index (κ2) is 5.52. The molecular weight excluding hydrogens is 174 g/mol. The molecule has 0 saturated carbocycles. The smallest absolute Gasteiger partial charge is 0.0743 e. The molecule has 2 atom stereocenters. The highest BCUT2D eigenvalue weighted by molar-refractivity contribution is 4.98. The van der Waals surface area contributed by atoms with Gasteiger partial charge in [-0.25, -0.2) is 0 Å². The first-order valence-corrected chi connectivity index (χ1v) is 5.76. The van der Waals surface area contributed by atoms with Crippen LogP contribution in [0, 0.1) is 0 Å². The van der Waals surface area contributed by atoms with E-state index in [4.69, 9.17) is 0 Å². The van der Waals surface area contributed by atoms with Crippen LogP contribution in [0.2, 0.25) is 0 Å². The zero-order valence-corrected chi connectivity index (χ0v) is 9.42. The van der Waals surface area contributed by atoms with Crippen molar-refractivity contribution in [1.29, 1.82) is 0 Å². The Morgan fingerprint density at radius 2 is 2.36 bits per heavy atom. The fraction of sp³-hybridized carbons (Fsp3) is 0.833. The first kappa shape index (κ1) is 11.7. The van der Waals surface area contributed by atoms with E-state index in [1.165, 1.54) is 19.3 Å². The summed E-state index contributed by atoms with van der Waals surface area (Å²) in [5, 5.41) is 13.4. The van der Waals surface area contributed by atoms with Gasteiger partial charge in [0.2, 0.25) is 0 Å². The van der Waals surface area contributed by atoms with Crippen LogP contribution in [0.5, 0.6) is 0 Å². The molecule has 1 aliphatic carbocycles. The van der Waals surface area contributed by atoms with Crippen LogP contribution in [0.1, 0.15) is 46.0 Å². The summed E-state index contributed by atoms with van der Waals surface area (Å²) in [5.74, 6) is 0. The van der Waals surface area contributed by atoms with Gasteiger partial charge < -0.3 is 10.4 Å². The summed E-state index contributed by atoms with van der Waals surface area (Å²) >= 11 is 0. The predicted molar refractivity (Wildman–Crippen MR) is 60.3 cm³/mol. The van der Waals surface area contributed by atoms with Gasteiger partial charge in [-0.1, -0.05) is 25.5 Å². The van der Waals surface area contributed by atoms with Crippen molar-refractivity contribution in [2.24, 2.45) is 0 Å². The lowest BCUT2D eigenvalue weighted by Crippen LogP contribution is -2.42. The Kier molecular flexibility index (Phi) is 4.63. The Labute approximate surface area is 87.4 Å². The van der Waals surface area contributed by atoms with Gasteiger partial charge in [0.15, 0.2) is 0 Å². The molecule has 0 aromatic carbocycles. The summed E-state index contributed by atoms with van der Waals surface area (Å²) in [5.41, 5.74) is -0.542. The fourth-order valence-corrected chi connectivity index (χ4v) is 1.96. The minimum atomic E-state index is -0.542. The quantitative estimate of drug-likeness (QED) is 0.662. The number of rotatable bonds is 5. The zero-order chi connectivity index (χ0) is 10.4. The average molecular weight is 197 g/mol. The molecule has 1 rings (SSSR count). The molecule has 0 aliphatic heterocycles. The molecule has 2 N–H and O–H groups in total. The van der Waals surface area contributed by atoms with Gasteiger partial charge in [0, 0.05) is 12.6 Å². The van der Waals surface area contributed by atoms with E-state index in [2.05, 4.69) is 24.4 Å². The maximum absolute atomic E-state index is 9.96. The molecule has 1 aliphatic rings. The fourth-order valence-electron chi connectivity index (χ4n) is 1.96. The number of aliphatic hydroxyl groups is 1. The number of hydrogen-bond acceptors (Lipinski definition) is 2. The minimum absolute atomic E-state index is 0.479. The topological polar surface area (TPSA) is 32.3 Å². The molecule has 2 nitrogen and oxygen atoms in total. The van der Waals surface area contributed by atoms with Crippen molar-refractivity contribution in [3.8, 4) is 0 Å². The summed E-state index contributed by atoms with van der Waals surface area (Å²) < 4.78 is 0. The van der Waals surface area contributed by atoms with Gasteiger partial charge in [0.05, 0.1) is 5.60 Å². The summed E-state index contributed by atoms with van der Waals surface area (Å²) in [6.45, 7) is 4.72. The van der Waals surface area contributed by atoms with E-state index in [0.29, 0.717) is 12.6 Å². The van der Waals surface area contributed by atoms with Gasteiger partial charge in [0.1, 0.15) is 0 Å². The van der Waals surface area contributed by atoms with Crippen molar-refractivity contribution < 1.29 is 5.11 Å². The third kappa shape index (κ3) is 4.25. The van der Waals surface area contributed by atoms with E-state index >= 15 is 0 Å². The van der Waals surface area contributed by atoms with Crippen molar-refractivity contribution in [2.75, 3.05) is 6.54 Å². The number of hydrogen-bond donors (Lipinski definition) is 2. The Bertz CT molecular complexity index is 187. The third-order valence-corrected chi connectivity index (χ3v) is 2.79. The molecule has 0 aromatic heterocycles. The summed E-state index contributed by atoms with van der Waals surface area (Å²) in [6, 6.07) is 0.479. The van der Waals surface area contributed by atoms with Gasteiger partial charge in [0.25, 0.3) is 0 Å². The molecular formula is C12H23NO. The molecule has 0 heterocycles. The Hall–Kier alpha value is -0.340. The SMILES string of the molecule is CCCC(C)(O)CNC1C=CCCC1. The van der Waals surface area contributed by atoms with E-state index in [0.717, 1.165) is 12.8 Å². The van der Waals surface area contributed by atoms with Crippen LogP contribution < -0.4 is 5.32 Å². The molecule has 0 radical (unpaired) electrons. The maximum atomic E-state index is 9.96. The van der Waals surface area contributed by atoms with Crippen LogP contribution in [0.25, 0.3) is 0 Å². The molecule has 0 fully saturated rings. The van der Waals surface area contributed by atoms with Crippen molar-refractivity contribution in [2.45, 2.75) is 57.6 Å². The molecule has 0 saturated heterocycles. The Balaban J connectivity index is 2.24. The Morgan fingerprint density at radius 1 is 1.57 bits per heavy atom. The van der Waals surface area contributed by atoms with Crippen molar-refractivity contribution in [3.63, 3.8) is 0 Å². The molecule has 0 amide bonds. The van der Waals surface area contributed by atoms with E-state index in [1.54, 1.807) is 0 Å². The largest absolute Gasteiger partial charge is 0.389 e. The molecule has 0 bridgehead atoms. The first-order valence-electron chi connectivity index (χ1n) is 5.76. The van der Waals surface area contributed by atoms with Gasteiger partial charge in [-0.05, 0) is 32.6 Å². The lowest BCUT2D eigenvalue weighted by atomic mass is 9.98. The monoisotopic (exact) mass is 197 g/mol. The van der Waals surface area contributed by atoms with E-state index in [9.17, 15) is 5.11 Å². The maximum Gasteiger partial charge on any atom is 0.0743 e. The number of allylic oxidation sites excluding steroid dienone is 1. The molecule has 14 heavy (non-hydrogen) atoms. The summed E-state index contributed by atoms with van der Waals surface area (Å²) in [7, 11) is 0. The van der Waals surface area contributed by atoms with Crippen molar-refractivity contribution in [3.05, 3.63) is 12.2 Å². The van der Waals surface area contributed by atoms with Crippen LogP contribution in [0.4, 0.5) is 0 Å². The third-order valence-electron chi connectivity index (χ3n) is 2.79. The number of nitrogens with one attached hydrogen (secondary N) is 1.